The summed E-state index contributed by atoms with van der Waals surface area (Å²) in [4.78, 5) is 10.6. The van der Waals surface area contributed by atoms with Crippen molar-refractivity contribution in [2.45, 2.75) is 45.4 Å². The summed E-state index contributed by atoms with van der Waals surface area (Å²) in [6.07, 6.45) is 1.72. The first-order valence-corrected chi connectivity index (χ1v) is 4.99. The Morgan fingerprint density at radius 2 is 2.20 bits per heavy atom. The Bertz CT molecular complexity index is 349. The molecule has 1 rings (SSSR count). The fourth-order valence-electron chi connectivity index (χ4n) is 1.54. The summed E-state index contributed by atoms with van der Waals surface area (Å²) in [5.74, 6) is -0.0946. The monoisotopic (exact) mass is 211 g/mol. The lowest BCUT2D eigenvalue weighted by atomic mass is 9.86. The molecule has 0 aliphatic heterocycles. The van der Waals surface area contributed by atoms with Crippen molar-refractivity contribution in [1.82, 2.24) is 5.16 Å². The zero-order valence-corrected chi connectivity index (χ0v) is 9.57. The van der Waals surface area contributed by atoms with Gasteiger partial charge in [0.15, 0.2) is 0 Å². The summed E-state index contributed by atoms with van der Waals surface area (Å²) < 4.78 is 5.19. The van der Waals surface area contributed by atoms with Crippen LogP contribution in [0.4, 0.5) is 0 Å². The predicted molar refractivity (Wildman–Crippen MR) is 55.9 cm³/mol. The minimum absolute atomic E-state index is 0.0667. The van der Waals surface area contributed by atoms with Crippen molar-refractivity contribution >= 4 is 5.97 Å². The third-order valence-electron chi connectivity index (χ3n) is 2.29. The average molecular weight is 211 g/mol. The van der Waals surface area contributed by atoms with E-state index in [9.17, 15) is 4.79 Å². The van der Waals surface area contributed by atoms with Crippen LogP contribution in [-0.4, -0.2) is 16.2 Å². The average Bonchev–Trinajstić information content (AvgIpc) is 2.48. The Morgan fingerprint density at radius 1 is 1.60 bits per heavy atom. The van der Waals surface area contributed by atoms with Gasteiger partial charge in [0.2, 0.25) is 0 Å². The fourth-order valence-corrected chi connectivity index (χ4v) is 1.54. The van der Waals surface area contributed by atoms with Gasteiger partial charge in [0.1, 0.15) is 5.76 Å². The van der Waals surface area contributed by atoms with Gasteiger partial charge in [-0.15, -0.1) is 0 Å². The first kappa shape index (κ1) is 11.8. The van der Waals surface area contributed by atoms with Crippen LogP contribution in [0.25, 0.3) is 0 Å². The SMILES string of the molecule is CC(CC(=O)O)c1cnoc1C(C)(C)C. The van der Waals surface area contributed by atoms with Gasteiger partial charge in [-0.1, -0.05) is 32.9 Å². The molecule has 0 aliphatic carbocycles. The summed E-state index contributed by atoms with van der Waals surface area (Å²) in [6, 6.07) is 0. The molecular weight excluding hydrogens is 194 g/mol. The van der Waals surface area contributed by atoms with Crippen molar-refractivity contribution in [3.8, 4) is 0 Å². The van der Waals surface area contributed by atoms with Gasteiger partial charge in [-0.3, -0.25) is 4.79 Å². The highest BCUT2D eigenvalue weighted by Crippen LogP contribution is 2.31. The van der Waals surface area contributed by atoms with Gasteiger partial charge in [0.25, 0.3) is 0 Å². The summed E-state index contributed by atoms with van der Waals surface area (Å²) >= 11 is 0. The Labute approximate surface area is 89.3 Å². The van der Waals surface area contributed by atoms with Crippen LogP contribution in [0.2, 0.25) is 0 Å². The maximum Gasteiger partial charge on any atom is 0.303 e. The molecule has 0 aromatic carbocycles. The van der Waals surface area contributed by atoms with Gasteiger partial charge in [-0.05, 0) is 5.92 Å². The van der Waals surface area contributed by atoms with E-state index in [1.807, 2.05) is 27.7 Å². The van der Waals surface area contributed by atoms with Crippen LogP contribution in [0.3, 0.4) is 0 Å². The van der Waals surface area contributed by atoms with Crippen molar-refractivity contribution in [1.29, 1.82) is 0 Å². The highest BCUT2D eigenvalue weighted by atomic mass is 16.5. The zero-order valence-electron chi connectivity index (χ0n) is 9.57. The molecule has 84 valence electrons. The highest BCUT2D eigenvalue weighted by molar-refractivity contribution is 5.68. The van der Waals surface area contributed by atoms with Crippen LogP contribution >= 0.6 is 0 Å². The molecule has 0 amide bonds. The smallest absolute Gasteiger partial charge is 0.303 e. The van der Waals surface area contributed by atoms with Gasteiger partial charge in [0.05, 0.1) is 12.6 Å². The molecule has 1 aromatic rings. The number of carboxylic acid groups (broad SMARTS) is 1. The second-order valence-electron chi connectivity index (χ2n) is 4.86. The number of nitrogens with zero attached hydrogens (tertiary/aromatic N) is 1. The molecule has 0 bridgehead atoms. The molecule has 1 atom stereocenters. The highest BCUT2D eigenvalue weighted by Gasteiger charge is 2.26. The molecular formula is C11H17NO3. The number of rotatable bonds is 3. The van der Waals surface area contributed by atoms with E-state index < -0.39 is 5.97 Å². The standard InChI is InChI=1S/C11H17NO3/c1-7(5-9(13)14)8-6-12-15-10(8)11(2,3)4/h6-7H,5H2,1-4H3,(H,13,14). The van der Waals surface area contributed by atoms with Gasteiger partial charge in [-0.25, -0.2) is 0 Å². The molecule has 0 aliphatic rings. The molecule has 1 aromatic heterocycles. The topological polar surface area (TPSA) is 63.3 Å². The first-order chi connectivity index (χ1) is 6.82. The molecule has 4 nitrogen and oxygen atoms in total. The molecule has 0 spiro atoms. The normalized spacial score (nSPS) is 13.9. The Kier molecular flexibility index (Phi) is 3.17. The van der Waals surface area contributed by atoms with Crippen LogP contribution in [0.1, 0.15) is 51.4 Å². The maximum atomic E-state index is 10.6. The lowest BCUT2D eigenvalue weighted by Gasteiger charge is -2.18. The quantitative estimate of drug-likeness (QED) is 0.834. The lowest BCUT2D eigenvalue weighted by Crippen LogP contribution is -2.14. The molecule has 4 heteroatoms. The molecule has 1 heterocycles. The van der Waals surface area contributed by atoms with Crippen LogP contribution < -0.4 is 0 Å². The van der Waals surface area contributed by atoms with Crippen molar-refractivity contribution in [3.63, 3.8) is 0 Å². The van der Waals surface area contributed by atoms with Crippen molar-refractivity contribution in [3.05, 3.63) is 17.5 Å². The number of hydrogen-bond acceptors (Lipinski definition) is 3. The maximum absolute atomic E-state index is 10.6. The van der Waals surface area contributed by atoms with E-state index in [1.54, 1.807) is 6.20 Å². The summed E-state index contributed by atoms with van der Waals surface area (Å²) in [6.45, 7) is 7.93. The summed E-state index contributed by atoms with van der Waals surface area (Å²) in [7, 11) is 0. The van der Waals surface area contributed by atoms with Gasteiger partial charge < -0.3 is 9.63 Å². The number of carboxylic acids is 1. The summed E-state index contributed by atoms with van der Waals surface area (Å²) in [5, 5.41) is 12.5. The van der Waals surface area contributed by atoms with E-state index in [4.69, 9.17) is 9.63 Å². The van der Waals surface area contributed by atoms with E-state index in [-0.39, 0.29) is 17.8 Å². The molecule has 1 N–H and O–H groups in total. The van der Waals surface area contributed by atoms with E-state index in [0.717, 1.165) is 11.3 Å². The fraction of sp³-hybridized carbons (Fsp3) is 0.636. The minimum Gasteiger partial charge on any atom is -0.481 e. The van der Waals surface area contributed by atoms with E-state index in [1.165, 1.54) is 0 Å². The number of aliphatic carboxylic acids is 1. The van der Waals surface area contributed by atoms with Crippen molar-refractivity contribution in [2.75, 3.05) is 0 Å². The van der Waals surface area contributed by atoms with E-state index in [0.29, 0.717) is 0 Å². The van der Waals surface area contributed by atoms with E-state index >= 15 is 0 Å². The second kappa shape index (κ2) is 4.04. The third-order valence-corrected chi connectivity index (χ3v) is 2.29. The lowest BCUT2D eigenvalue weighted by molar-refractivity contribution is -0.137. The van der Waals surface area contributed by atoms with Crippen molar-refractivity contribution < 1.29 is 14.4 Å². The third kappa shape index (κ3) is 2.81. The van der Waals surface area contributed by atoms with Crippen LogP contribution in [0.15, 0.2) is 10.7 Å². The predicted octanol–water partition coefficient (Wildman–Crippen LogP) is 2.55. The van der Waals surface area contributed by atoms with Crippen LogP contribution in [0, 0.1) is 0 Å². The number of hydrogen-bond donors (Lipinski definition) is 1. The van der Waals surface area contributed by atoms with Crippen LogP contribution in [-0.2, 0) is 10.2 Å². The van der Waals surface area contributed by atoms with Gasteiger partial charge >= 0.3 is 5.97 Å². The molecule has 15 heavy (non-hydrogen) atoms. The molecule has 0 radical (unpaired) electrons. The van der Waals surface area contributed by atoms with Crippen LogP contribution in [0.5, 0.6) is 0 Å². The zero-order chi connectivity index (χ0) is 11.6. The molecule has 0 saturated carbocycles. The number of carbonyl (C=O) groups is 1. The molecule has 0 fully saturated rings. The van der Waals surface area contributed by atoms with Gasteiger partial charge in [-0.2, -0.15) is 0 Å². The molecule has 1 unspecified atom stereocenters. The minimum atomic E-state index is -0.802. The van der Waals surface area contributed by atoms with Gasteiger partial charge in [0, 0.05) is 11.0 Å². The summed E-state index contributed by atoms with van der Waals surface area (Å²) in [5.41, 5.74) is 0.753. The van der Waals surface area contributed by atoms with Crippen molar-refractivity contribution in [2.24, 2.45) is 0 Å². The second-order valence-corrected chi connectivity index (χ2v) is 4.86. The van der Waals surface area contributed by atoms with E-state index in [2.05, 4.69) is 5.16 Å². The first-order valence-electron chi connectivity index (χ1n) is 4.99. The Morgan fingerprint density at radius 3 is 2.67 bits per heavy atom. The number of aromatic nitrogens is 1. The molecule has 0 saturated heterocycles. The largest absolute Gasteiger partial charge is 0.481 e. The Hall–Kier alpha value is -1.32. The Balaban J connectivity index is 2.95.